The summed E-state index contributed by atoms with van der Waals surface area (Å²) >= 11 is 0. The lowest BCUT2D eigenvalue weighted by Gasteiger charge is -2.35. The minimum absolute atomic E-state index is 0.124. The first-order valence-electron chi connectivity index (χ1n) is 9.21. The Bertz CT molecular complexity index is 595. The molecule has 0 radical (unpaired) electrons. The summed E-state index contributed by atoms with van der Waals surface area (Å²) < 4.78 is 5.96. The van der Waals surface area contributed by atoms with E-state index in [0.29, 0.717) is 24.5 Å². The lowest BCUT2D eigenvalue weighted by atomic mass is 9.87. The van der Waals surface area contributed by atoms with Crippen molar-refractivity contribution in [3.05, 3.63) is 12.4 Å². The Balaban J connectivity index is 1.61. The number of piperazine rings is 1. The number of carbonyl (C=O) groups excluding carboxylic acids is 1. The summed E-state index contributed by atoms with van der Waals surface area (Å²) in [5.74, 6) is 2.75. The molecule has 2 unspecified atom stereocenters. The Labute approximate surface area is 149 Å². The van der Waals surface area contributed by atoms with E-state index in [1.807, 2.05) is 18.0 Å². The Kier molecular flexibility index (Phi) is 5.73. The van der Waals surface area contributed by atoms with Crippen molar-refractivity contribution < 1.29 is 9.53 Å². The van der Waals surface area contributed by atoms with E-state index in [9.17, 15) is 4.79 Å². The van der Waals surface area contributed by atoms with Crippen molar-refractivity contribution in [2.24, 2.45) is 11.8 Å². The standard InChI is InChI=1S/C18H29N5O2/c1-13(2)18-14(5-4-8-25-18)10-19-15-9-16(21-12-20-15)23-7-6-22(3)17(24)11-23/h9,12-14,18H,4-8,10-11H2,1-3H3,(H,19,20,21). The predicted molar refractivity (Wildman–Crippen MR) is 97.7 cm³/mol. The van der Waals surface area contributed by atoms with Gasteiger partial charge < -0.3 is 19.9 Å². The molecule has 1 N–H and O–H groups in total. The number of hydrogen-bond donors (Lipinski definition) is 1. The summed E-state index contributed by atoms with van der Waals surface area (Å²) in [6.07, 6.45) is 4.17. The number of likely N-dealkylation sites (N-methyl/N-ethyl adjacent to an activating group) is 1. The second-order valence-corrected chi connectivity index (χ2v) is 7.36. The summed E-state index contributed by atoms with van der Waals surface area (Å²) in [5.41, 5.74) is 0. The van der Waals surface area contributed by atoms with Gasteiger partial charge in [0.1, 0.15) is 18.0 Å². The minimum Gasteiger partial charge on any atom is -0.378 e. The zero-order valence-electron chi connectivity index (χ0n) is 15.4. The van der Waals surface area contributed by atoms with E-state index in [0.717, 1.165) is 44.3 Å². The molecule has 1 aromatic rings. The molecule has 7 nitrogen and oxygen atoms in total. The maximum Gasteiger partial charge on any atom is 0.241 e. The van der Waals surface area contributed by atoms with Gasteiger partial charge in [0, 0.05) is 45.3 Å². The molecule has 3 rings (SSSR count). The largest absolute Gasteiger partial charge is 0.378 e. The van der Waals surface area contributed by atoms with Crippen molar-refractivity contribution in [2.45, 2.75) is 32.8 Å². The average molecular weight is 347 g/mol. The summed E-state index contributed by atoms with van der Waals surface area (Å²) in [4.78, 5) is 24.3. The molecule has 2 aliphatic heterocycles. The molecule has 2 aliphatic rings. The van der Waals surface area contributed by atoms with E-state index in [-0.39, 0.29) is 5.91 Å². The molecule has 2 atom stereocenters. The number of hydrogen-bond acceptors (Lipinski definition) is 6. The van der Waals surface area contributed by atoms with Gasteiger partial charge in [0.2, 0.25) is 5.91 Å². The lowest BCUT2D eigenvalue weighted by Crippen LogP contribution is -2.48. The van der Waals surface area contributed by atoms with Crippen molar-refractivity contribution in [1.82, 2.24) is 14.9 Å². The number of rotatable bonds is 5. The first kappa shape index (κ1) is 17.9. The monoisotopic (exact) mass is 347 g/mol. The Morgan fingerprint density at radius 2 is 2.20 bits per heavy atom. The topological polar surface area (TPSA) is 70.6 Å². The van der Waals surface area contributed by atoms with Crippen LogP contribution in [0, 0.1) is 11.8 Å². The maximum absolute atomic E-state index is 11.9. The van der Waals surface area contributed by atoms with Crippen LogP contribution in [0.1, 0.15) is 26.7 Å². The molecular weight excluding hydrogens is 318 g/mol. The summed E-state index contributed by atoms with van der Waals surface area (Å²) in [7, 11) is 1.84. The van der Waals surface area contributed by atoms with Gasteiger partial charge in [-0.05, 0) is 18.8 Å². The highest BCUT2D eigenvalue weighted by molar-refractivity contribution is 5.82. The van der Waals surface area contributed by atoms with Gasteiger partial charge in [-0.25, -0.2) is 9.97 Å². The van der Waals surface area contributed by atoms with Crippen LogP contribution in [0.15, 0.2) is 12.4 Å². The van der Waals surface area contributed by atoms with Crippen LogP contribution in [-0.2, 0) is 9.53 Å². The molecule has 0 spiro atoms. The Hall–Kier alpha value is -1.89. The van der Waals surface area contributed by atoms with E-state index in [4.69, 9.17) is 4.74 Å². The summed E-state index contributed by atoms with van der Waals surface area (Å²) in [5, 5.41) is 3.45. The molecule has 0 bridgehead atoms. The van der Waals surface area contributed by atoms with Gasteiger partial charge in [0.05, 0.1) is 12.6 Å². The van der Waals surface area contributed by atoms with E-state index in [1.165, 1.54) is 6.42 Å². The summed E-state index contributed by atoms with van der Waals surface area (Å²) in [6.45, 7) is 8.05. The van der Waals surface area contributed by atoms with Crippen LogP contribution in [0.4, 0.5) is 11.6 Å². The Morgan fingerprint density at radius 1 is 1.36 bits per heavy atom. The number of ether oxygens (including phenoxy) is 1. The number of aromatic nitrogens is 2. The van der Waals surface area contributed by atoms with Crippen LogP contribution in [0.2, 0.25) is 0 Å². The number of nitrogens with zero attached hydrogens (tertiary/aromatic N) is 4. The molecular formula is C18H29N5O2. The molecule has 7 heteroatoms. The molecule has 1 amide bonds. The molecule has 0 aliphatic carbocycles. The van der Waals surface area contributed by atoms with E-state index < -0.39 is 0 Å². The van der Waals surface area contributed by atoms with Gasteiger partial charge in [-0.15, -0.1) is 0 Å². The van der Waals surface area contributed by atoms with E-state index >= 15 is 0 Å². The van der Waals surface area contributed by atoms with Crippen molar-refractivity contribution in [1.29, 1.82) is 0 Å². The third kappa shape index (κ3) is 4.39. The molecule has 138 valence electrons. The van der Waals surface area contributed by atoms with E-state index in [2.05, 4.69) is 29.1 Å². The van der Waals surface area contributed by atoms with Gasteiger partial charge >= 0.3 is 0 Å². The van der Waals surface area contributed by atoms with Gasteiger partial charge in [0.25, 0.3) is 0 Å². The van der Waals surface area contributed by atoms with Crippen LogP contribution in [0.5, 0.6) is 0 Å². The van der Waals surface area contributed by atoms with Crippen LogP contribution < -0.4 is 10.2 Å². The first-order chi connectivity index (χ1) is 12.0. The third-order valence-corrected chi connectivity index (χ3v) is 5.13. The van der Waals surface area contributed by atoms with Gasteiger partial charge in [0.15, 0.2) is 0 Å². The molecule has 2 saturated heterocycles. The second-order valence-electron chi connectivity index (χ2n) is 7.36. The zero-order valence-corrected chi connectivity index (χ0v) is 15.4. The van der Waals surface area contributed by atoms with Crippen LogP contribution in [0.25, 0.3) is 0 Å². The quantitative estimate of drug-likeness (QED) is 0.873. The highest BCUT2D eigenvalue weighted by Gasteiger charge is 2.28. The molecule has 3 heterocycles. The van der Waals surface area contributed by atoms with E-state index in [1.54, 1.807) is 11.2 Å². The number of carbonyl (C=O) groups is 1. The number of amides is 1. The first-order valence-corrected chi connectivity index (χ1v) is 9.21. The smallest absolute Gasteiger partial charge is 0.241 e. The highest BCUT2D eigenvalue weighted by Crippen LogP contribution is 2.27. The van der Waals surface area contributed by atoms with Gasteiger partial charge in [-0.2, -0.15) is 0 Å². The number of anilines is 2. The van der Waals surface area contributed by atoms with Crippen molar-refractivity contribution in [2.75, 3.05) is 50.1 Å². The SMILES string of the molecule is CC(C)C1OCCCC1CNc1cc(N2CCN(C)C(=O)C2)ncn1. The predicted octanol–water partition coefficient (Wildman–Crippen LogP) is 1.62. The fraction of sp³-hybridized carbons (Fsp3) is 0.722. The molecule has 1 aromatic heterocycles. The molecule has 0 saturated carbocycles. The van der Waals surface area contributed by atoms with Crippen molar-refractivity contribution in [3.8, 4) is 0 Å². The van der Waals surface area contributed by atoms with Gasteiger partial charge in [-0.1, -0.05) is 13.8 Å². The average Bonchev–Trinajstić information content (AvgIpc) is 2.62. The van der Waals surface area contributed by atoms with Crippen LogP contribution >= 0.6 is 0 Å². The van der Waals surface area contributed by atoms with Crippen molar-refractivity contribution in [3.63, 3.8) is 0 Å². The summed E-state index contributed by atoms with van der Waals surface area (Å²) in [6, 6.07) is 1.94. The Morgan fingerprint density at radius 3 is 2.96 bits per heavy atom. The zero-order chi connectivity index (χ0) is 17.8. The molecule has 25 heavy (non-hydrogen) atoms. The maximum atomic E-state index is 11.9. The number of nitrogens with one attached hydrogen (secondary N) is 1. The molecule has 2 fully saturated rings. The van der Waals surface area contributed by atoms with Crippen LogP contribution in [-0.4, -0.2) is 66.7 Å². The fourth-order valence-electron chi connectivity index (χ4n) is 3.63. The highest BCUT2D eigenvalue weighted by atomic mass is 16.5. The van der Waals surface area contributed by atoms with Gasteiger partial charge in [-0.3, -0.25) is 4.79 Å². The van der Waals surface area contributed by atoms with Crippen LogP contribution in [0.3, 0.4) is 0 Å². The fourth-order valence-corrected chi connectivity index (χ4v) is 3.63. The lowest BCUT2D eigenvalue weighted by molar-refractivity contribution is -0.129. The third-order valence-electron chi connectivity index (χ3n) is 5.13. The normalized spacial score (nSPS) is 24.7. The van der Waals surface area contributed by atoms with Crippen molar-refractivity contribution >= 4 is 17.5 Å². The molecule has 0 aromatic carbocycles. The minimum atomic E-state index is 0.124. The second kappa shape index (κ2) is 7.99.